The lowest BCUT2D eigenvalue weighted by Gasteiger charge is -2.32. The quantitative estimate of drug-likeness (QED) is 0.202. The second kappa shape index (κ2) is 11.3. The molecule has 4 aromatic rings. The molecule has 0 aliphatic heterocycles. The normalized spacial score (nSPS) is 16.4. The van der Waals surface area contributed by atoms with Gasteiger partial charge in [0.15, 0.2) is 0 Å². The van der Waals surface area contributed by atoms with Crippen LogP contribution in [0.1, 0.15) is 52.8 Å². The number of methoxy groups -OCH3 is 1. The first-order valence-corrected chi connectivity index (χ1v) is 13.4. The first kappa shape index (κ1) is 26.4. The average molecular weight is 524 g/mol. The lowest BCUT2D eigenvalue weighted by Crippen LogP contribution is -2.28. The zero-order chi connectivity index (χ0) is 27.4. The maximum Gasteiger partial charge on any atom is 0.243 e. The minimum atomic E-state index is -0.223. The van der Waals surface area contributed by atoms with E-state index in [1.807, 2.05) is 48.0 Å². The summed E-state index contributed by atoms with van der Waals surface area (Å²) in [7, 11) is 1.63. The smallest absolute Gasteiger partial charge is 0.243 e. The highest BCUT2D eigenvalue weighted by Gasteiger charge is 2.39. The van der Waals surface area contributed by atoms with Gasteiger partial charge in [0.1, 0.15) is 11.6 Å². The van der Waals surface area contributed by atoms with Crippen molar-refractivity contribution >= 4 is 12.0 Å². The Hall–Kier alpha value is -4.19. The topological polar surface area (TPSA) is 56.1 Å². The maximum absolute atomic E-state index is 13.7. The zero-order valence-corrected chi connectivity index (χ0v) is 22.7. The van der Waals surface area contributed by atoms with Crippen molar-refractivity contribution in [2.75, 3.05) is 13.7 Å². The maximum atomic E-state index is 13.7. The molecule has 5 rings (SSSR count). The van der Waals surface area contributed by atoms with Gasteiger partial charge >= 0.3 is 0 Å². The second-order valence-corrected chi connectivity index (χ2v) is 10.3. The molecule has 1 aliphatic rings. The molecule has 0 spiro atoms. The molecule has 0 bridgehead atoms. The molecule has 200 valence electrons. The second-order valence-electron chi connectivity index (χ2n) is 10.3. The number of amides is 1. The Balaban J connectivity index is 1.23. The van der Waals surface area contributed by atoms with Crippen molar-refractivity contribution in [3.05, 3.63) is 119 Å². The van der Waals surface area contributed by atoms with Crippen molar-refractivity contribution in [1.82, 2.24) is 14.9 Å². The first-order chi connectivity index (χ1) is 18.9. The van der Waals surface area contributed by atoms with Gasteiger partial charge in [-0.25, -0.2) is 9.37 Å². The standard InChI is InChI=1S/C33H34FN3O2/c1-23-5-8-26-15-17-33(29(26)19-23,27-9-11-28(34)12-10-27)16-4-18-35-32(38)14-7-25-6-13-30(31(20-25)39-3)37-21-24(2)36-22-37/h5-14,19-22H,4,15-18H2,1-3H3,(H,35,38)/b14-7+. The van der Waals surface area contributed by atoms with Crippen molar-refractivity contribution < 1.29 is 13.9 Å². The molecule has 0 fully saturated rings. The first-order valence-electron chi connectivity index (χ1n) is 13.4. The van der Waals surface area contributed by atoms with E-state index in [0.717, 1.165) is 48.2 Å². The van der Waals surface area contributed by atoms with Crippen LogP contribution in [0.25, 0.3) is 11.8 Å². The van der Waals surface area contributed by atoms with Gasteiger partial charge in [0.05, 0.1) is 24.8 Å². The third-order valence-corrected chi connectivity index (χ3v) is 7.70. The summed E-state index contributed by atoms with van der Waals surface area (Å²) in [6, 6.07) is 19.4. The average Bonchev–Trinajstić information content (AvgIpc) is 3.54. The molecule has 0 saturated carbocycles. The molecule has 1 aliphatic carbocycles. The van der Waals surface area contributed by atoms with Crippen LogP contribution in [-0.4, -0.2) is 29.1 Å². The summed E-state index contributed by atoms with van der Waals surface area (Å²) in [6.45, 7) is 4.62. The van der Waals surface area contributed by atoms with Crippen LogP contribution in [0.2, 0.25) is 0 Å². The molecular formula is C33H34FN3O2. The van der Waals surface area contributed by atoms with E-state index in [-0.39, 0.29) is 17.1 Å². The van der Waals surface area contributed by atoms with E-state index in [1.165, 1.54) is 16.7 Å². The van der Waals surface area contributed by atoms with Gasteiger partial charge in [-0.15, -0.1) is 0 Å². The Labute approximate surface area is 229 Å². The number of rotatable bonds is 9. The molecule has 0 radical (unpaired) electrons. The van der Waals surface area contributed by atoms with E-state index < -0.39 is 0 Å². The Kier molecular flexibility index (Phi) is 7.64. The Morgan fingerprint density at radius 1 is 1.13 bits per heavy atom. The fourth-order valence-electron chi connectivity index (χ4n) is 5.71. The Morgan fingerprint density at radius 2 is 1.95 bits per heavy atom. The van der Waals surface area contributed by atoms with E-state index in [0.29, 0.717) is 12.3 Å². The van der Waals surface area contributed by atoms with Crippen LogP contribution in [-0.2, 0) is 16.6 Å². The number of nitrogens with one attached hydrogen (secondary N) is 1. The Bertz CT molecular complexity index is 1510. The third kappa shape index (κ3) is 5.65. The van der Waals surface area contributed by atoms with Crippen LogP contribution in [0.3, 0.4) is 0 Å². The van der Waals surface area contributed by atoms with Gasteiger partial charge in [0.2, 0.25) is 5.91 Å². The monoisotopic (exact) mass is 523 g/mol. The summed E-state index contributed by atoms with van der Waals surface area (Å²) in [5, 5.41) is 3.03. The van der Waals surface area contributed by atoms with Gasteiger partial charge in [-0.05, 0) is 92.1 Å². The molecule has 3 aromatic carbocycles. The number of halogens is 1. The number of benzene rings is 3. The molecule has 1 N–H and O–H groups in total. The number of nitrogens with zero attached hydrogens (tertiary/aromatic N) is 2. The third-order valence-electron chi connectivity index (χ3n) is 7.70. The fourth-order valence-corrected chi connectivity index (χ4v) is 5.71. The van der Waals surface area contributed by atoms with E-state index >= 15 is 0 Å². The number of hydrogen-bond acceptors (Lipinski definition) is 3. The molecule has 1 unspecified atom stereocenters. The van der Waals surface area contributed by atoms with Crippen LogP contribution < -0.4 is 10.1 Å². The zero-order valence-electron chi connectivity index (χ0n) is 22.7. The van der Waals surface area contributed by atoms with Gasteiger partial charge in [0, 0.05) is 24.2 Å². The molecule has 39 heavy (non-hydrogen) atoms. The van der Waals surface area contributed by atoms with E-state index in [9.17, 15) is 9.18 Å². The minimum absolute atomic E-state index is 0.137. The van der Waals surface area contributed by atoms with Crippen LogP contribution in [0.4, 0.5) is 4.39 Å². The number of ether oxygens (including phenoxy) is 1. The fraction of sp³-hybridized carbons (Fsp3) is 0.273. The van der Waals surface area contributed by atoms with Crippen LogP contribution in [0, 0.1) is 19.7 Å². The number of hydrogen-bond donors (Lipinski definition) is 1. The number of aryl methyl sites for hydroxylation is 3. The van der Waals surface area contributed by atoms with Gasteiger partial charge < -0.3 is 14.6 Å². The molecule has 0 saturated heterocycles. The number of aromatic nitrogens is 2. The highest BCUT2D eigenvalue weighted by atomic mass is 19.1. The lowest BCUT2D eigenvalue weighted by molar-refractivity contribution is -0.116. The van der Waals surface area contributed by atoms with Crippen molar-refractivity contribution in [3.63, 3.8) is 0 Å². The van der Waals surface area contributed by atoms with Gasteiger partial charge in [-0.3, -0.25) is 4.79 Å². The summed E-state index contributed by atoms with van der Waals surface area (Å²) >= 11 is 0. The van der Waals surface area contributed by atoms with Gasteiger partial charge in [-0.1, -0.05) is 42.0 Å². The van der Waals surface area contributed by atoms with Gasteiger partial charge in [-0.2, -0.15) is 0 Å². The Morgan fingerprint density at radius 3 is 2.69 bits per heavy atom. The van der Waals surface area contributed by atoms with Crippen LogP contribution >= 0.6 is 0 Å². The number of carbonyl (C=O) groups excluding carboxylic acids is 1. The van der Waals surface area contributed by atoms with E-state index in [2.05, 4.69) is 35.4 Å². The SMILES string of the molecule is COc1cc(/C=C/C(=O)NCCCC2(c3ccc(F)cc3)CCc3ccc(C)cc32)ccc1-n1cnc(C)c1. The summed E-state index contributed by atoms with van der Waals surface area (Å²) in [6.07, 6.45) is 10.7. The van der Waals surface area contributed by atoms with Crippen molar-refractivity contribution in [2.24, 2.45) is 0 Å². The van der Waals surface area contributed by atoms with Gasteiger partial charge in [0.25, 0.3) is 0 Å². The largest absolute Gasteiger partial charge is 0.495 e. The number of imidazole rings is 1. The summed E-state index contributed by atoms with van der Waals surface area (Å²) in [5.41, 5.74) is 7.59. The highest BCUT2D eigenvalue weighted by Crippen LogP contribution is 2.47. The van der Waals surface area contributed by atoms with Crippen molar-refractivity contribution in [3.8, 4) is 11.4 Å². The van der Waals surface area contributed by atoms with Crippen LogP contribution in [0.15, 0.2) is 79.3 Å². The number of fused-ring (bicyclic) bond motifs is 1. The molecule has 5 nitrogen and oxygen atoms in total. The molecule has 6 heteroatoms. The van der Waals surface area contributed by atoms with E-state index in [4.69, 9.17) is 4.74 Å². The number of carbonyl (C=O) groups is 1. The minimum Gasteiger partial charge on any atom is -0.495 e. The molecule has 1 atom stereocenters. The van der Waals surface area contributed by atoms with Crippen molar-refractivity contribution in [1.29, 1.82) is 0 Å². The molecule has 1 aromatic heterocycles. The molecule has 1 heterocycles. The highest BCUT2D eigenvalue weighted by molar-refractivity contribution is 5.91. The van der Waals surface area contributed by atoms with E-state index in [1.54, 1.807) is 37.7 Å². The summed E-state index contributed by atoms with van der Waals surface area (Å²) < 4.78 is 21.2. The summed E-state index contributed by atoms with van der Waals surface area (Å²) in [4.78, 5) is 16.9. The molecular weight excluding hydrogens is 489 g/mol. The van der Waals surface area contributed by atoms with Crippen LogP contribution in [0.5, 0.6) is 5.75 Å². The predicted octanol–water partition coefficient (Wildman–Crippen LogP) is 6.48. The predicted molar refractivity (Wildman–Crippen MR) is 153 cm³/mol. The summed E-state index contributed by atoms with van der Waals surface area (Å²) in [5.74, 6) is 0.342. The molecule has 1 amide bonds. The van der Waals surface area contributed by atoms with Crippen molar-refractivity contribution in [2.45, 2.75) is 44.9 Å². The lowest BCUT2D eigenvalue weighted by atomic mass is 9.72.